The number of nitrogens with zero attached hydrogens (tertiary/aromatic N) is 1. The highest BCUT2D eigenvalue weighted by Crippen LogP contribution is 2.29. The Balaban J connectivity index is 1.67. The Hall–Kier alpha value is -3.73. The number of aromatic amines is 1. The zero-order valence-electron chi connectivity index (χ0n) is 15.5. The zero-order chi connectivity index (χ0) is 19.7. The predicted molar refractivity (Wildman–Crippen MR) is 114 cm³/mol. The molecule has 0 fully saturated rings. The molecule has 0 bridgehead atoms. The lowest BCUT2D eigenvalue weighted by atomic mass is 10.0. The fraction of sp³-hybridized carbons (Fsp3) is 0.0870. The van der Waals surface area contributed by atoms with Crippen molar-refractivity contribution in [2.24, 2.45) is 4.99 Å². The summed E-state index contributed by atoms with van der Waals surface area (Å²) in [6, 6.07) is 19.1. The summed E-state index contributed by atoms with van der Waals surface area (Å²) < 4.78 is 0. The summed E-state index contributed by atoms with van der Waals surface area (Å²) >= 11 is 0. The number of nitrogen functional groups attached to an aromatic ring is 1. The number of aliphatic imine (C=N–C) groups is 1. The molecule has 3 aromatic carbocycles. The maximum absolute atomic E-state index is 10.3. The van der Waals surface area contributed by atoms with Crippen molar-refractivity contribution in [3.63, 3.8) is 0 Å². The van der Waals surface area contributed by atoms with Crippen molar-refractivity contribution in [2.45, 2.75) is 13.3 Å². The normalized spacial score (nSPS) is 11.5. The molecule has 0 spiro atoms. The van der Waals surface area contributed by atoms with E-state index >= 15 is 0 Å². The molecule has 0 unspecified atom stereocenters. The van der Waals surface area contributed by atoms with E-state index in [-0.39, 0.29) is 11.6 Å². The first-order chi connectivity index (χ1) is 13.5. The number of aryl methyl sites for hydroxylation is 1. The fourth-order valence-corrected chi connectivity index (χ4v) is 3.17. The number of hydrogen-bond donors (Lipinski definition) is 4. The molecule has 1 heterocycles. The van der Waals surface area contributed by atoms with Gasteiger partial charge >= 0.3 is 0 Å². The van der Waals surface area contributed by atoms with E-state index in [1.165, 1.54) is 5.56 Å². The van der Waals surface area contributed by atoms with Crippen LogP contribution in [0, 0.1) is 6.92 Å². The number of fused-ring (bicyclic) bond motifs is 1. The van der Waals surface area contributed by atoms with Crippen LogP contribution in [-0.4, -0.2) is 21.4 Å². The number of hydrogen-bond acceptors (Lipinski definition) is 4. The van der Waals surface area contributed by atoms with Crippen LogP contribution < -0.4 is 5.73 Å². The van der Waals surface area contributed by atoms with Crippen molar-refractivity contribution in [1.82, 2.24) is 4.98 Å². The van der Waals surface area contributed by atoms with Gasteiger partial charge in [-0.05, 0) is 60.4 Å². The largest absolute Gasteiger partial charge is 0.508 e. The van der Waals surface area contributed by atoms with E-state index in [1.807, 2.05) is 55.5 Å². The number of nitrogens with one attached hydrogen (secondary N) is 1. The number of aromatic hydroxyl groups is 2. The minimum atomic E-state index is 0.0692. The Kier molecular flexibility index (Phi) is 4.49. The minimum absolute atomic E-state index is 0.0692. The molecule has 4 rings (SSSR count). The molecule has 0 aliphatic heterocycles. The second kappa shape index (κ2) is 7.12. The van der Waals surface area contributed by atoms with Crippen molar-refractivity contribution in [3.05, 3.63) is 82.9 Å². The van der Waals surface area contributed by atoms with E-state index in [2.05, 4.69) is 16.0 Å². The third kappa shape index (κ3) is 3.55. The first kappa shape index (κ1) is 17.7. The maximum atomic E-state index is 10.3. The summed E-state index contributed by atoms with van der Waals surface area (Å²) in [6.07, 6.45) is 2.38. The fourth-order valence-electron chi connectivity index (χ4n) is 3.17. The number of benzene rings is 3. The monoisotopic (exact) mass is 371 g/mol. The molecule has 0 aliphatic carbocycles. The van der Waals surface area contributed by atoms with Gasteiger partial charge in [0.25, 0.3) is 0 Å². The Morgan fingerprint density at radius 3 is 2.46 bits per heavy atom. The summed E-state index contributed by atoms with van der Waals surface area (Å²) in [5.41, 5.74) is 11.7. The topological polar surface area (TPSA) is 94.6 Å². The van der Waals surface area contributed by atoms with Crippen LogP contribution in [0.15, 0.2) is 65.7 Å². The van der Waals surface area contributed by atoms with Gasteiger partial charge in [0, 0.05) is 28.9 Å². The molecule has 0 saturated carbocycles. The molecule has 5 nitrogen and oxygen atoms in total. The molecule has 5 N–H and O–H groups in total. The summed E-state index contributed by atoms with van der Waals surface area (Å²) in [5, 5.41) is 21.0. The van der Waals surface area contributed by atoms with Crippen LogP contribution in [0.1, 0.15) is 22.3 Å². The van der Waals surface area contributed by atoms with Gasteiger partial charge in [-0.2, -0.15) is 0 Å². The van der Waals surface area contributed by atoms with Crippen LogP contribution in [0.25, 0.3) is 10.9 Å². The summed E-state index contributed by atoms with van der Waals surface area (Å²) in [5.74, 6) is 0.267. The van der Waals surface area contributed by atoms with Crippen LogP contribution in [0.3, 0.4) is 0 Å². The molecule has 1 aromatic heterocycles. The SMILES string of the molecule is Cc1ccc(N=Cc2c(O)[nH]c3ccc(Cc4ccc(N)cc4)cc23)cc1O. The molecule has 5 heteroatoms. The average molecular weight is 371 g/mol. The third-order valence-corrected chi connectivity index (χ3v) is 4.81. The highest BCUT2D eigenvalue weighted by atomic mass is 16.3. The van der Waals surface area contributed by atoms with Crippen molar-refractivity contribution in [3.8, 4) is 11.6 Å². The highest BCUT2D eigenvalue weighted by Gasteiger charge is 2.10. The molecule has 0 amide bonds. The van der Waals surface area contributed by atoms with Gasteiger partial charge in [0.15, 0.2) is 5.88 Å². The van der Waals surface area contributed by atoms with E-state index in [0.717, 1.165) is 34.1 Å². The van der Waals surface area contributed by atoms with E-state index in [9.17, 15) is 10.2 Å². The Morgan fingerprint density at radius 1 is 0.964 bits per heavy atom. The predicted octanol–water partition coefficient (Wildman–Crippen LogP) is 4.81. The van der Waals surface area contributed by atoms with Gasteiger partial charge in [-0.15, -0.1) is 0 Å². The van der Waals surface area contributed by atoms with Gasteiger partial charge in [0.2, 0.25) is 0 Å². The van der Waals surface area contributed by atoms with Gasteiger partial charge in [-0.3, -0.25) is 4.99 Å². The Morgan fingerprint density at radius 2 is 1.71 bits per heavy atom. The number of anilines is 1. The number of phenols is 1. The van der Waals surface area contributed by atoms with E-state index < -0.39 is 0 Å². The summed E-state index contributed by atoms with van der Waals surface area (Å²) in [4.78, 5) is 7.39. The minimum Gasteiger partial charge on any atom is -0.508 e. The molecule has 4 aromatic rings. The molecule has 140 valence electrons. The molecule has 0 atom stereocenters. The van der Waals surface area contributed by atoms with Crippen LogP contribution in [0.5, 0.6) is 11.6 Å². The molecular formula is C23H21N3O2. The second-order valence-corrected chi connectivity index (χ2v) is 6.91. The van der Waals surface area contributed by atoms with E-state index in [4.69, 9.17) is 5.73 Å². The Bertz CT molecular complexity index is 1170. The van der Waals surface area contributed by atoms with Gasteiger partial charge in [0.1, 0.15) is 5.75 Å². The van der Waals surface area contributed by atoms with Gasteiger partial charge in [0.05, 0.1) is 11.3 Å². The highest BCUT2D eigenvalue weighted by molar-refractivity contribution is 6.02. The van der Waals surface area contributed by atoms with Crippen molar-refractivity contribution >= 4 is 28.5 Å². The quantitative estimate of drug-likeness (QED) is 0.306. The standard InChI is InChI=1S/C23H21N3O2/c1-14-2-8-18(12-22(14)27)25-13-20-19-11-16(5-9-21(19)26-23(20)28)10-15-3-6-17(24)7-4-15/h2-9,11-13,26-28H,10,24H2,1H3. The number of nitrogens with two attached hydrogens (primary N) is 1. The van der Waals surface area contributed by atoms with Crippen molar-refractivity contribution in [1.29, 1.82) is 0 Å². The first-order valence-electron chi connectivity index (χ1n) is 9.01. The maximum Gasteiger partial charge on any atom is 0.198 e. The average Bonchev–Trinajstić information content (AvgIpc) is 2.99. The van der Waals surface area contributed by atoms with Crippen molar-refractivity contribution < 1.29 is 10.2 Å². The van der Waals surface area contributed by atoms with Crippen molar-refractivity contribution in [2.75, 3.05) is 5.73 Å². The Labute approximate surface area is 162 Å². The third-order valence-electron chi connectivity index (χ3n) is 4.81. The lowest BCUT2D eigenvalue weighted by molar-refractivity contribution is 0.457. The molecule has 0 saturated heterocycles. The van der Waals surface area contributed by atoms with Crippen LogP contribution in [-0.2, 0) is 6.42 Å². The van der Waals surface area contributed by atoms with Crippen LogP contribution in [0.2, 0.25) is 0 Å². The lowest BCUT2D eigenvalue weighted by Crippen LogP contribution is -1.90. The summed E-state index contributed by atoms with van der Waals surface area (Å²) in [6.45, 7) is 1.83. The van der Waals surface area contributed by atoms with Gasteiger partial charge in [-0.1, -0.05) is 24.3 Å². The first-order valence-corrected chi connectivity index (χ1v) is 9.01. The number of phenolic OH excluding ortho intramolecular Hbond substituents is 1. The number of H-pyrrole nitrogens is 1. The summed E-state index contributed by atoms with van der Waals surface area (Å²) in [7, 11) is 0. The van der Waals surface area contributed by atoms with Crippen LogP contribution >= 0.6 is 0 Å². The smallest absolute Gasteiger partial charge is 0.198 e. The van der Waals surface area contributed by atoms with E-state index in [1.54, 1.807) is 12.3 Å². The van der Waals surface area contributed by atoms with Gasteiger partial charge in [-0.25, -0.2) is 0 Å². The molecule has 0 aliphatic rings. The number of rotatable bonds is 4. The molecule has 28 heavy (non-hydrogen) atoms. The molecular weight excluding hydrogens is 350 g/mol. The zero-order valence-corrected chi connectivity index (χ0v) is 15.5. The van der Waals surface area contributed by atoms with E-state index in [0.29, 0.717) is 11.3 Å². The van der Waals surface area contributed by atoms with Gasteiger partial charge < -0.3 is 20.9 Å². The second-order valence-electron chi connectivity index (χ2n) is 6.91. The lowest BCUT2D eigenvalue weighted by Gasteiger charge is -2.04. The van der Waals surface area contributed by atoms with Crippen LogP contribution in [0.4, 0.5) is 11.4 Å². The number of aromatic nitrogens is 1. The molecule has 0 radical (unpaired) electrons.